The van der Waals surface area contributed by atoms with Crippen LogP contribution in [0.3, 0.4) is 0 Å². The standard InChI is InChI=1S/C13H9NO4/c1-2-4(8-12(17-8)10-6(2)15-10)14-5-3(1)7-11(16-7)13-9(5)18-13/h1,6-13H/t6-,7+,8-,9+,10-,11+,12-,13-/m0/s1. The summed E-state index contributed by atoms with van der Waals surface area (Å²) < 4.78 is 22.7. The highest BCUT2D eigenvalue weighted by molar-refractivity contribution is 5.47. The van der Waals surface area contributed by atoms with Gasteiger partial charge in [0.25, 0.3) is 0 Å². The molecule has 90 valence electrons. The highest BCUT2D eigenvalue weighted by atomic mass is 16.7. The summed E-state index contributed by atoms with van der Waals surface area (Å²) in [5.41, 5.74) is 4.63. The quantitative estimate of drug-likeness (QED) is 0.632. The van der Waals surface area contributed by atoms with E-state index in [9.17, 15) is 0 Å². The van der Waals surface area contributed by atoms with E-state index in [1.165, 1.54) is 11.1 Å². The average molecular weight is 243 g/mol. The van der Waals surface area contributed by atoms with Crippen LogP contribution in [0, 0.1) is 0 Å². The van der Waals surface area contributed by atoms with E-state index < -0.39 is 0 Å². The first kappa shape index (κ1) is 8.22. The minimum absolute atomic E-state index is 0.170. The summed E-state index contributed by atoms with van der Waals surface area (Å²) >= 11 is 0. The summed E-state index contributed by atoms with van der Waals surface area (Å²) in [7, 11) is 0. The van der Waals surface area contributed by atoms with Gasteiger partial charge in [-0.15, -0.1) is 0 Å². The van der Waals surface area contributed by atoms with Crippen LogP contribution >= 0.6 is 0 Å². The minimum Gasteiger partial charge on any atom is -0.361 e. The Hall–Kier alpha value is -1.01. The Bertz CT molecular complexity index is 540. The maximum absolute atomic E-state index is 5.70. The van der Waals surface area contributed by atoms with Crippen LogP contribution in [-0.2, 0) is 18.9 Å². The van der Waals surface area contributed by atoms with E-state index in [0.717, 1.165) is 11.4 Å². The summed E-state index contributed by atoms with van der Waals surface area (Å²) in [6, 6.07) is 2.24. The fraction of sp³-hybridized carbons (Fsp3) is 0.615. The number of ether oxygens (including phenoxy) is 4. The lowest BCUT2D eigenvalue weighted by atomic mass is 9.89. The Morgan fingerprint density at radius 3 is 1.67 bits per heavy atom. The van der Waals surface area contributed by atoms with E-state index in [-0.39, 0.29) is 48.8 Å². The molecule has 0 saturated carbocycles. The van der Waals surface area contributed by atoms with E-state index in [2.05, 4.69) is 6.07 Å². The fourth-order valence-electron chi connectivity index (χ4n) is 3.92. The molecule has 6 aliphatic rings. The van der Waals surface area contributed by atoms with Crippen molar-refractivity contribution >= 4 is 0 Å². The van der Waals surface area contributed by atoms with Crippen molar-refractivity contribution < 1.29 is 18.9 Å². The molecular formula is C13H9NO4. The molecule has 0 amide bonds. The SMILES string of the molecule is c1c2c(nc3c1[C@@H]1O[C@@H]1[C@H]1O[C@@H]31)[C@H]1O[C@@H]1[C@@H]1O[C@H]21. The molecule has 5 heteroatoms. The van der Waals surface area contributed by atoms with Crippen molar-refractivity contribution in [3.8, 4) is 0 Å². The highest BCUT2D eigenvalue weighted by Gasteiger charge is 2.68. The zero-order valence-corrected chi connectivity index (χ0v) is 9.28. The molecule has 0 bridgehead atoms. The van der Waals surface area contributed by atoms with Crippen LogP contribution in [0.2, 0.25) is 0 Å². The maximum atomic E-state index is 5.70. The van der Waals surface area contributed by atoms with Crippen LogP contribution < -0.4 is 0 Å². The van der Waals surface area contributed by atoms with Crippen molar-refractivity contribution in [3.63, 3.8) is 0 Å². The Morgan fingerprint density at radius 1 is 0.667 bits per heavy atom. The Balaban J connectivity index is 1.52. The fourth-order valence-corrected chi connectivity index (χ4v) is 3.92. The topological polar surface area (TPSA) is 63.0 Å². The lowest BCUT2D eigenvalue weighted by molar-refractivity contribution is 0.299. The van der Waals surface area contributed by atoms with Gasteiger partial charge in [-0.1, -0.05) is 0 Å². The van der Waals surface area contributed by atoms with E-state index in [0.29, 0.717) is 0 Å². The van der Waals surface area contributed by atoms with Crippen LogP contribution in [0.15, 0.2) is 6.07 Å². The number of pyridine rings is 1. The first-order chi connectivity index (χ1) is 8.90. The summed E-state index contributed by atoms with van der Waals surface area (Å²) in [5, 5.41) is 0. The van der Waals surface area contributed by atoms with Gasteiger partial charge in [-0.2, -0.15) is 0 Å². The van der Waals surface area contributed by atoms with Crippen LogP contribution in [-0.4, -0.2) is 29.4 Å². The number of aromatic nitrogens is 1. The van der Waals surface area contributed by atoms with Gasteiger partial charge < -0.3 is 18.9 Å². The van der Waals surface area contributed by atoms with Gasteiger partial charge in [0.15, 0.2) is 0 Å². The molecule has 0 spiro atoms. The molecule has 5 nitrogen and oxygen atoms in total. The number of rotatable bonds is 0. The molecule has 5 heterocycles. The van der Waals surface area contributed by atoms with Crippen molar-refractivity contribution in [1.29, 1.82) is 0 Å². The van der Waals surface area contributed by atoms with Crippen LogP contribution in [0.1, 0.15) is 46.9 Å². The van der Waals surface area contributed by atoms with Gasteiger partial charge in [-0.25, -0.2) is 0 Å². The predicted octanol–water partition coefficient (Wildman–Crippen LogP) is 0.868. The van der Waals surface area contributed by atoms with Crippen molar-refractivity contribution in [3.05, 3.63) is 28.6 Å². The van der Waals surface area contributed by atoms with Crippen LogP contribution in [0.5, 0.6) is 0 Å². The third-order valence-electron chi connectivity index (χ3n) is 5.05. The number of hydrogen-bond acceptors (Lipinski definition) is 5. The summed E-state index contributed by atoms with van der Waals surface area (Å²) in [5.74, 6) is 0. The molecule has 4 fully saturated rings. The summed E-state index contributed by atoms with van der Waals surface area (Å²) in [6.45, 7) is 0. The third-order valence-corrected chi connectivity index (χ3v) is 5.05. The molecule has 0 radical (unpaired) electrons. The lowest BCUT2D eigenvalue weighted by Gasteiger charge is -2.14. The zero-order valence-electron chi connectivity index (χ0n) is 9.28. The summed E-state index contributed by atoms with van der Waals surface area (Å²) in [4.78, 5) is 4.84. The highest BCUT2D eigenvalue weighted by Crippen LogP contribution is 2.64. The monoisotopic (exact) mass is 243 g/mol. The molecule has 7 rings (SSSR count). The normalized spacial score (nSPS) is 58.2. The minimum atomic E-state index is 0.170. The second-order valence-corrected chi connectivity index (χ2v) is 6.02. The molecule has 18 heavy (non-hydrogen) atoms. The second kappa shape index (κ2) is 2.14. The molecule has 4 saturated heterocycles. The molecule has 1 aromatic heterocycles. The van der Waals surface area contributed by atoms with Crippen molar-refractivity contribution in [2.75, 3.05) is 0 Å². The largest absolute Gasteiger partial charge is 0.361 e. The molecule has 0 unspecified atom stereocenters. The average Bonchev–Trinajstić information content (AvgIpc) is 3.25. The van der Waals surface area contributed by atoms with E-state index >= 15 is 0 Å². The molecule has 1 aromatic rings. The van der Waals surface area contributed by atoms with E-state index in [4.69, 9.17) is 23.9 Å². The first-order valence-corrected chi connectivity index (χ1v) is 6.56. The number of nitrogens with zero attached hydrogens (tertiary/aromatic N) is 1. The van der Waals surface area contributed by atoms with Gasteiger partial charge in [0.1, 0.15) is 48.8 Å². The molecule has 0 aromatic carbocycles. The van der Waals surface area contributed by atoms with E-state index in [1.54, 1.807) is 0 Å². The molecule has 4 aliphatic heterocycles. The van der Waals surface area contributed by atoms with E-state index in [1.807, 2.05) is 0 Å². The Labute approximate surface area is 102 Å². The molecule has 0 N–H and O–H groups in total. The first-order valence-electron chi connectivity index (χ1n) is 6.56. The zero-order chi connectivity index (χ0) is 11.2. The van der Waals surface area contributed by atoms with Gasteiger partial charge in [-0.05, 0) is 6.07 Å². The molecular weight excluding hydrogens is 234 g/mol. The van der Waals surface area contributed by atoms with Crippen LogP contribution in [0.4, 0.5) is 0 Å². The maximum Gasteiger partial charge on any atom is 0.129 e. The number of fused-ring (bicyclic) bond motifs is 12. The van der Waals surface area contributed by atoms with Gasteiger partial charge in [0.05, 0.1) is 11.4 Å². The van der Waals surface area contributed by atoms with Gasteiger partial charge in [-0.3, -0.25) is 4.98 Å². The smallest absolute Gasteiger partial charge is 0.129 e. The lowest BCUT2D eigenvalue weighted by Crippen LogP contribution is -2.15. The van der Waals surface area contributed by atoms with Gasteiger partial charge >= 0.3 is 0 Å². The molecule has 2 aliphatic carbocycles. The predicted molar refractivity (Wildman–Crippen MR) is 54.7 cm³/mol. The second-order valence-electron chi connectivity index (χ2n) is 6.02. The Kier molecular flexibility index (Phi) is 0.976. The number of hydrogen-bond donors (Lipinski definition) is 0. The molecule has 8 atom stereocenters. The third kappa shape index (κ3) is 0.739. The van der Waals surface area contributed by atoms with Gasteiger partial charge in [0, 0.05) is 11.1 Å². The van der Waals surface area contributed by atoms with Crippen LogP contribution in [0.25, 0.3) is 0 Å². The van der Waals surface area contributed by atoms with Crippen molar-refractivity contribution in [1.82, 2.24) is 4.98 Å². The van der Waals surface area contributed by atoms with Gasteiger partial charge in [0.2, 0.25) is 0 Å². The Morgan fingerprint density at radius 2 is 1.11 bits per heavy atom. The summed E-state index contributed by atoms with van der Waals surface area (Å²) in [6.07, 6.45) is 1.87. The van der Waals surface area contributed by atoms with Crippen molar-refractivity contribution in [2.24, 2.45) is 0 Å². The van der Waals surface area contributed by atoms with Crippen molar-refractivity contribution in [2.45, 2.75) is 48.8 Å². The number of epoxide rings is 4.